The second kappa shape index (κ2) is 10.1. The quantitative estimate of drug-likeness (QED) is 0.220. The van der Waals surface area contributed by atoms with Crippen LogP contribution < -0.4 is 69.3 Å². The number of ether oxygens (including phenoxy) is 1. The summed E-state index contributed by atoms with van der Waals surface area (Å²) in [7, 11) is 0. The van der Waals surface area contributed by atoms with Gasteiger partial charge in [-0.15, -0.1) is 11.5 Å². The van der Waals surface area contributed by atoms with Gasteiger partial charge in [-0.05, 0) is 25.3 Å². The van der Waals surface area contributed by atoms with Crippen molar-refractivity contribution in [2.45, 2.75) is 26.2 Å². The monoisotopic (exact) mass is 270 g/mol. The minimum Gasteiger partial charge on any atom is -0.873 e. The Bertz CT molecular complexity index is 374. The molecule has 0 bridgehead atoms. The van der Waals surface area contributed by atoms with E-state index < -0.39 is 17.5 Å². The van der Waals surface area contributed by atoms with Crippen LogP contribution >= 0.6 is 0 Å². The number of Topliss-reactive ketones (excluding diaryl/α,β-unsaturated/α-hetero) is 1. The SMILES string of the molecule is CCOC(=O)C=C([O-])C([O-])=C1CCCC1=O.[Na+].[Na+]. The van der Waals surface area contributed by atoms with Gasteiger partial charge in [0.1, 0.15) is 0 Å². The molecular formula is C11H12Na2O5. The van der Waals surface area contributed by atoms with Gasteiger partial charge in [0.2, 0.25) is 0 Å². The van der Waals surface area contributed by atoms with E-state index in [4.69, 9.17) is 0 Å². The Kier molecular flexibility index (Phi) is 11.5. The summed E-state index contributed by atoms with van der Waals surface area (Å²) in [5.74, 6) is -3.01. The van der Waals surface area contributed by atoms with Crippen molar-refractivity contribution in [3.63, 3.8) is 0 Å². The Balaban J connectivity index is 0. The number of carbonyl (C=O) groups excluding carboxylic acids is 2. The molecule has 5 nitrogen and oxygen atoms in total. The van der Waals surface area contributed by atoms with Crippen LogP contribution in [0.4, 0.5) is 0 Å². The molecule has 0 aromatic rings. The van der Waals surface area contributed by atoms with Gasteiger partial charge in [-0.2, -0.15) is 0 Å². The number of hydrogen-bond acceptors (Lipinski definition) is 5. The van der Waals surface area contributed by atoms with E-state index in [1.807, 2.05) is 0 Å². The van der Waals surface area contributed by atoms with Crippen LogP contribution in [0.2, 0.25) is 0 Å². The van der Waals surface area contributed by atoms with Gasteiger partial charge >= 0.3 is 65.1 Å². The second-order valence-electron chi connectivity index (χ2n) is 3.35. The zero-order valence-electron chi connectivity index (χ0n) is 10.9. The van der Waals surface area contributed by atoms with Crippen molar-refractivity contribution < 1.29 is 83.7 Å². The van der Waals surface area contributed by atoms with Gasteiger partial charge in [0.25, 0.3) is 0 Å². The van der Waals surface area contributed by atoms with E-state index in [-0.39, 0.29) is 77.1 Å². The van der Waals surface area contributed by atoms with E-state index in [1.54, 1.807) is 6.92 Å². The van der Waals surface area contributed by atoms with Gasteiger partial charge in [-0.3, -0.25) is 4.79 Å². The largest absolute Gasteiger partial charge is 1.00 e. The Morgan fingerprint density at radius 1 is 1.33 bits per heavy atom. The van der Waals surface area contributed by atoms with Crippen molar-refractivity contribution in [2.75, 3.05) is 6.61 Å². The first kappa shape index (κ1) is 20.5. The fourth-order valence-corrected chi connectivity index (χ4v) is 1.46. The van der Waals surface area contributed by atoms with Gasteiger partial charge in [-0.1, -0.05) is 0 Å². The summed E-state index contributed by atoms with van der Waals surface area (Å²) >= 11 is 0. The normalized spacial score (nSPS) is 17.6. The maximum absolute atomic E-state index is 11.4. The number of carbonyl (C=O) groups is 2. The van der Waals surface area contributed by atoms with Crippen molar-refractivity contribution in [1.82, 2.24) is 0 Å². The molecule has 1 aliphatic rings. The molecule has 0 amide bonds. The van der Waals surface area contributed by atoms with E-state index in [0.29, 0.717) is 25.3 Å². The minimum absolute atomic E-state index is 0. The summed E-state index contributed by atoms with van der Waals surface area (Å²) in [6.45, 7) is 1.72. The zero-order valence-corrected chi connectivity index (χ0v) is 14.9. The summed E-state index contributed by atoms with van der Waals surface area (Å²) in [6, 6.07) is 0. The first-order chi connectivity index (χ1) is 7.56. The van der Waals surface area contributed by atoms with Crippen LogP contribution in [0.5, 0.6) is 0 Å². The third-order valence-electron chi connectivity index (χ3n) is 2.20. The number of ketones is 1. The molecule has 1 aliphatic carbocycles. The van der Waals surface area contributed by atoms with Crippen molar-refractivity contribution >= 4 is 11.8 Å². The van der Waals surface area contributed by atoms with Crippen LogP contribution in [0.1, 0.15) is 26.2 Å². The summed E-state index contributed by atoms with van der Waals surface area (Å²) in [4.78, 5) is 22.1. The zero-order chi connectivity index (χ0) is 12.1. The molecule has 88 valence electrons. The summed E-state index contributed by atoms with van der Waals surface area (Å²) < 4.78 is 4.49. The third-order valence-corrected chi connectivity index (χ3v) is 2.20. The van der Waals surface area contributed by atoms with Crippen LogP contribution in [-0.2, 0) is 14.3 Å². The van der Waals surface area contributed by atoms with E-state index in [0.717, 1.165) is 0 Å². The molecule has 0 atom stereocenters. The number of esters is 1. The Labute approximate surface area is 150 Å². The predicted molar refractivity (Wildman–Crippen MR) is 50.6 cm³/mol. The molecule has 1 rings (SSSR count). The Morgan fingerprint density at radius 2 is 1.94 bits per heavy atom. The number of allylic oxidation sites excluding steroid dienone is 1. The fraction of sp³-hybridized carbons (Fsp3) is 0.455. The van der Waals surface area contributed by atoms with E-state index >= 15 is 0 Å². The standard InChI is InChI=1S/C11H14O5.2Na/c1-2-16-10(14)6-9(13)11(15)7-4-3-5-8(7)12;;/h6,13,15H,2-5H2,1H3;;/q;2*+1/p-2. The predicted octanol–water partition coefficient (Wildman–Crippen LogP) is -6.83. The van der Waals surface area contributed by atoms with E-state index in [2.05, 4.69) is 4.74 Å². The summed E-state index contributed by atoms with van der Waals surface area (Å²) in [6.07, 6.45) is 1.80. The molecule has 1 fully saturated rings. The average Bonchev–Trinajstić information content (AvgIpc) is 2.63. The first-order valence-electron chi connectivity index (χ1n) is 5.05. The number of hydrogen-bond donors (Lipinski definition) is 0. The molecule has 7 heteroatoms. The van der Waals surface area contributed by atoms with E-state index in [9.17, 15) is 19.8 Å². The molecule has 1 saturated carbocycles. The molecule has 0 aromatic carbocycles. The van der Waals surface area contributed by atoms with Crippen molar-refractivity contribution in [3.05, 3.63) is 23.2 Å². The molecule has 18 heavy (non-hydrogen) atoms. The topological polar surface area (TPSA) is 89.5 Å². The fourth-order valence-electron chi connectivity index (χ4n) is 1.46. The maximum atomic E-state index is 11.4. The van der Waals surface area contributed by atoms with E-state index in [1.165, 1.54) is 0 Å². The second-order valence-corrected chi connectivity index (χ2v) is 3.35. The van der Waals surface area contributed by atoms with Crippen LogP contribution in [0.25, 0.3) is 0 Å². The molecule has 0 unspecified atom stereocenters. The Morgan fingerprint density at radius 3 is 2.39 bits per heavy atom. The van der Waals surface area contributed by atoms with Crippen LogP contribution in [0, 0.1) is 0 Å². The van der Waals surface area contributed by atoms with Crippen LogP contribution in [0.3, 0.4) is 0 Å². The minimum atomic E-state index is -0.983. The molecular weight excluding hydrogens is 258 g/mol. The molecule has 0 saturated heterocycles. The third kappa shape index (κ3) is 5.91. The van der Waals surface area contributed by atoms with Gasteiger partial charge in [-0.25, -0.2) is 4.79 Å². The smallest absolute Gasteiger partial charge is 0.873 e. The first-order valence-corrected chi connectivity index (χ1v) is 5.05. The molecule has 0 spiro atoms. The van der Waals surface area contributed by atoms with Gasteiger partial charge in [0, 0.05) is 12.5 Å². The molecule has 0 aromatic heterocycles. The van der Waals surface area contributed by atoms with Gasteiger partial charge in [0.05, 0.1) is 6.61 Å². The number of rotatable bonds is 3. The molecule has 0 aliphatic heterocycles. The Hall–Kier alpha value is 0.220. The van der Waals surface area contributed by atoms with Gasteiger partial charge in [0.15, 0.2) is 5.78 Å². The van der Waals surface area contributed by atoms with Crippen molar-refractivity contribution in [3.8, 4) is 0 Å². The average molecular weight is 270 g/mol. The molecule has 0 radical (unpaired) electrons. The van der Waals surface area contributed by atoms with Crippen molar-refractivity contribution in [2.24, 2.45) is 0 Å². The summed E-state index contributed by atoms with van der Waals surface area (Å²) in [5, 5.41) is 22.7. The van der Waals surface area contributed by atoms with Gasteiger partial charge < -0.3 is 14.9 Å². The van der Waals surface area contributed by atoms with Crippen LogP contribution in [0.15, 0.2) is 23.2 Å². The maximum Gasteiger partial charge on any atom is 1.00 e. The molecule has 0 N–H and O–H groups in total. The van der Waals surface area contributed by atoms with Crippen LogP contribution in [-0.4, -0.2) is 18.4 Å². The molecule has 0 heterocycles. The van der Waals surface area contributed by atoms with Crippen molar-refractivity contribution in [1.29, 1.82) is 0 Å². The summed E-state index contributed by atoms with van der Waals surface area (Å²) in [5.41, 5.74) is 0.00514.